The van der Waals surface area contributed by atoms with Gasteiger partial charge in [-0.3, -0.25) is 0 Å². The van der Waals surface area contributed by atoms with Crippen LogP contribution in [0.2, 0.25) is 0 Å². The van der Waals surface area contributed by atoms with Gasteiger partial charge in [-0.1, -0.05) is 0 Å². The van der Waals surface area contributed by atoms with Gasteiger partial charge in [0, 0.05) is 6.42 Å². The molecule has 0 saturated carbocycles. The Bertz CT molecular complexity index is 339. The van der Waals surface area contributed by atoms with Gasteiger partial charge in [0.1, 0.15) is 11.6 Å². The summed E-state index contributed by atoms with van der Waals surface area (Å²) >= 11 is 0. The summed E-state index contributed by atoms with van der Waals surface area (Å²) in [6, 6.07) is 4.51. The van der Waals surface area contributed by atoms with E-state index in [9.17, 15) is 4.39 Å². The lowest BCUT2D eigenvalue weighted by atomic mass is 10.1. The Hall–Kier alpha value is -1.49. The van der Waals surface area contributed by atoms with Crippen LogP contribution in [0, 0.1) is 18.2 Å². The van der Waals surface area contributed by atoms with E-state index in [2.05, 4.69) is 5.92 Å². The molecule has 0 aromatic heterocycles. The molecular formula is C12H13FO. The van der Waals surface area contributed by atoms with Crippen molar-refractivity contribution in [3.8, 4) is 18.1 Å². The molecule has 0 unspecified atom stereocenters. The predicted octanol–water partition coefficient (Wildman–Crippen LogP) is 2.79. The maximum atomic E-state index is 12.9. The lowest BCUT2D eigenvalue weighted by Crippen LogP contribution is -1.97. The second-order valence-electron chi connectivity index (χ2n) is 2.89. The van der Waals surface area contributed by atoms with E-state index in [1.807, 2.05) is 6.92 Å². The van der Waals surface area contributed by atoms with Crippen LogP contribution < -0.4 is 4.74 Å². The molecule has 0 amide bonds. The molecule has 0 radical (unpaired) electrons. The Morgan fingerprint density at radius 2 is 2.29 bits per heavy atom. The molecule has 0 atom stereocenters. The first-order chi connectivity index (χ1) is 6.77. The third kappa shape index (κ3) is 2.77. The van der Waals surface area contributed by atoms with Crippen molar-refractivity contribution in [1.82, 2.24) is 0 Å². The summed E-state index contributed by atoms with van der Waals surface area (Å²) in [5, 5.41) is 0. The van der Waals surface area contributed by atoms with Crippen LogP contribution in [0.5, 0.6) is 5.75 Å². The molecule has 0 aliphatic heterocycles. The van der Waals surface area contributed by atoms with E-state index in [0.717, 1.165) is 11.3 Å². The van der Waals surface area contributed by atoms with E-state index < -0.39 is 0 Å². The summed E-state index contributed by atoms with van der Waals surface area (Å²) < 4.78 is 18.3. The van der Waals surface area contributed by atoms with Crippen molar-refractivity contribution in [1.29, 1.82) is 0 Å². The number of hydrogen-bond donors (Lipinski definition) is 0. The van der Waals surface area contributed by atoms with Gasteiger partial charge in [0.25, 0.3) is 0 Å². The quantitative estimate of drug-likeness (QED) is 0.666. The van der Waals surface area contributed by atoms with Gasteiger partial charge < -0.3 is 4.74 Å². The first-order valence-electron chi connectivity index (χ1n) is 4.62. The fourth-order valence-electron chi connectivity index (χ4n) is 1.25. The molecule has 1 rings (SSSR count). The summed E-state index contributed by atoms with van der Waals surface area (Å²) in [4.78, 5) is 0. The van der Waals surface area contributed by atoms with E-state index in [4.69, 9.17) is 11.2 Å². The van der Waals surface area contributed by atoms with Gasteiger partial charge in [0.05, 0.1) is 6.61 Å². The van der Waals surface area contributed by atoms with Crippen LogP contribution in [-0.4, -0.2) is 6.61 Å². The van der Waals surface area contributed by atoms with Crippen molar-refractivity contribution in [3.63, 3.8) is 0 Å². The maximum absolute atomic E-state index is 12.9. The minimum absolute atomic E-state index is 0.250. The molecule has 0 bridgehead atoms. The van der Waals surface area contributed by atoms with Gasteiger partial charge in [0.15, 0.2) is 0 Å². The van der Waals surface area contributed by atoms with E-state index in [1.54, 1.807) is 6.07 Å². The summed E-state index contributed by atoms with van der Waals surface area (Å²) in [6.45, 7) is 2.48. The molecule has 0 spiro atoms. The Labute approximate surface area is 83.9 Å². The molecule has 0 aliphatic carbocycles. The monoisotopic (exact) mass is 192 g/mol. The second kappa shape index (κ2) is 5.29. The van der Waals surface area contributed by atoms with Gasteiger partial charge in [-0.05, 0) is 37.1 Å². The topological polar surface area (TPSA) is 9.23 Å². The Balaban J connectivity index is 2.86. The number of aryl methyl sites for hydroxylation is 1. The highest BCUT2D eigenvalue weighted by atomic mass is 19.1. The number of hydrogen-bond acceptors (Lipinski definition) is 1. The van der Waals surface area contributed by atoms with E-state index in [-0.39, 0.29) is 5.82 Å². The zero-order valence-electron chi connectivity index (χ0n) is 8.22. The molecule has 1 aromatic carbocycles. The molecule has 0 N–H and O–H groups in total. The Morgan fingerprint density at radius 3 is 2.93 bits per heavy atom. The molecule has 1 nitrogen and oxygen atoms in total. The smallest absolute Gasteiger partial charge is 0.123 e. The molecule has 0 heterocycles. The van der Waals surface area contributed by atoms with Crippen molar-refractivity contribution in [2.75, 3.05) is 6.61 Å². The molecule has 2 heteroatoms. The summed E-state index contributed by atoms with van der Waals surface area (Å²) in [5.41, 5.74) is 0.838. The fourth-order valence-corrected chi connectivity index (χ4v) is 1.25. The van der Waals surface area contributed by atoms with Crippen LogP contribution in [0.4, 0.5) is 4.39 Å². The van der Waals surface area contributed by atoms with E-state index in [0.29, 0.717) is 19.4 Å². The predicted molar refractivity (Wildman–Crippen MR) is 54.7 cm³/mol. The molecule has 74 valence electrons. The number of ether oxygens (including phenoxy) is 1. The zero-order chi connectivity index (χ0) is 10.4. The SMILES string of the molecule is C#CCCc1cc(F)ccc1OCC. The first kappa shape index (κ1) is 10.6. The number of terminal acetylenes is 1. The number of benzene rings is 1. The normalized spacial score (nSPS) is 9.50. The largest absolute Gasteiger partial charge is 0.494 e. The van der Waals surface area contributed by atoms with Crippen molar-refractivity contribution < 1.29 is 9.13 Å². The van der Waals surface area contributed by atoms with Gasteiger partial charge in [-0.15, -0.1) is 12.3 Å². The second-order valence-corrected chi connectivity index (χ2v) is 2.89. The lowest BCUT2D eigenvalue weighted by molar-refractivity contribution is 0.336. The summed E-state index contributed by atoms with van der Waals surface area (Å²) in [6.07, 6.45) is 6.41. The molecular weight excluding hydrogens is 179 g/mol. The van der Waals surface area contributed by atoms with Crippen LogP contribution in [0.1, 0.15) is 18.9 Å². The molecule has 14 heavy (non-hydrogen) atoms. The minimum atomic E-state index is -0.250. The highest BCUT2D eigenvalue weighted by Crippen LogP contribution is 2.21. The lowest BCUT2D eigenvalue weighted by Gasteiger charge is -2.08. The van der Waals surface area contributed by atoms with Crippen molar-refractivity contribution in [3.05, 3.63) is 29.6 Å². The first-order valence-corrected chi connectivity index (χ1v) is 4.62. The minimum Gasteiger partial charge on any atom is -0.494 e. The average molecular weight is 192 g/mol. The third-order valence-electron chi connectivity index (χ3n) is 1.86. The van der Waals surface area contributed by atoms with Gasteiger partial charge in [-0.25, -0.2) is 4.39 Å². The van der Waals surface area contributed by atoms with Crippen LogP contribution in [-0.2, 0) is 6.42 Å². The zero-order valence-corrected chi connectivity index (χ0v) is 8.22. The van der Waals surface area contributed by atoms with Crippen molar-refractivity contribution >= 4 is 0 Å². The molecule has 0 aliphatic rings. The van der Waals surface area contributed by atoms with Crippen LogP contribution in [0.3, 0.4) is 0 Å². The van der Waals surface area contributed by atoms with Crippen LogP contribution in [0.15, 0.2) is 18.2 Å². The van der Waals surface area contributed by atoms with Crippen molar-refractivity contribution in [2.45, 2.75) is 19.8 Å². The van der Waals surface area contributed by atoms with Gasteiger partial charge in [-0.2, -0.15) is 0 Å². The van der Waals surface area contributed by atoms with Crippen LogP contribution >= 0.6 is 0 Å². The fraction of sp³-hybridized carbons (Fsp3) is 0.333. The van der Waals surface area contributed by atoms with E-state index >= 15 is 0 Å². The van der Waals surface area contributed by atoms with E-state index in [1.165, 1.54) is 12.1 Å². The van der Waals surface area contributed by atoms with Gasteiger partial charge >= 0.3 is 0 Å². The third-order valence-corrected chi connectivity index (χ3v) is 1.86. The average Bonchev–Trinajstić information content (AvgIpc) is 2.18. The molecule has 0 fully saturated rings. The standard InChI is InChI=1S/C12H13FO/c1-3-5-6-10-9-11(13)7-8-12(10)14-4-2/h1,7-9H,4-6H2,2H3. The maximum Gasteiger partial charge on any atom is 0.123 e. The molecule has 0 saturated heterocycles. The summed E-state index contributed by atoms with van der Waals surface area (Å²) in [5.74, 6) is 3.00. The van der Waals surface area contributed by atoms with Crippen molar-refractivity contribution in [2.24, 2.45) is 0 Å². The van der Waals surface area contributed by atoms with Crippen LogP contribution in [0.25, 0.3) is 0 Å². The number of halogens is 1. The van der Waals surface area contributed by atoms with Gasteiger partial charge in [0.2, 0.25) is 0 Å². The highest BCUT2D eigenvalue weighted by molar-refractivity contribution is 5.34. The number of rotatable bonds is 4. The Kier molecular flexibility index (Phi) is 4.00. The molecule has 1 aromatic rings. The Morgan fingerprint density at radius 1 is 1.50 bits per heavy atom. The highest BCUT2D eigenvalue weighted by Gasteiger charge is 2.03. The summed E-state index contributed by atoms with van der Waals surface area (Å²) in [7, 11) is 0.